The van der Waals surface area contributed by atoms with E-state index >= 15 is 0 Å². The zero-order valence-electron chi connectivity index (χ0n) is 21.2. The largest absolute Gasteiger partial charge is 0.496 e. The van der Waals surface area contributed by atoms with Crippen LogP contribution in [0.1, 0.15) is 38.2 Å². The van der Waals surface area contributed by atoms with E-state index in [1.807, 2.05) is 49.4 Å². The number of hydrogen-bond donors (Lipinski definition) is 2. The molecule has 2 aromatic carbocycles. The van der Waals surface area contributed by atoms with Crippen molar-refractivity contribution in [2.45, 2.75) is 26.1 Å². The molecule has 0 fully saturated rings. The zero-order valence-corrected chi connectivity index (χ0v) is 22.0. The van der Waals surface area contributed by atoms with Crippen LogP contribution in [0, 0.1) is 6.92 Å². The summed E-state index contributed by atoms with van der Waals surface area (Å²) in [6, 6.07) is 20.8. The molecular weight excluding hydrogens is 502 g/mol. The van der Waals surface area contributed by atoms with E-state index in [1.165, 1.54) is 22.5 Å². The summed E-state index contributed by atoms with van der Waals surface area (Å²) in [6.45, 7) is 1.93. The van der Waals surface area contributed by atoms with Crippen LogP contribution in [0.2, 0.25) is 0 Å². The molecule has 9 heteroatoms. The number of hydrogen-bond acceptors (Lipinski definition) is 6. The van der Waals surface area contributed by atoms with Gasteiger partial charge in [-0.3, -0.25) is 14.4 Å². The number of benzene rings is 2. The van der Waals surface area contributed by atoms with E-state index in [1.54, 1.807) is 42.8 Å². The van der Waals surface area contributed by atoms with Crippen molar-refractivity contribution in [3.05, 3.63) is 112 Å². The Morgan fingerprint density at radius 2 is 1.76 bits per heavy atom. The summed E-state index contributed by atoms with van der Waals surface area (Å²) in [5, 5.41) is 7.38. The molecule has 0 aliphatic heterocycles. The lowest BCUT2D eigenvalue weighted by atomic mass is 10.0. The van der Waals surface area contributed by atoms with Crippen LogP contribution in [0.15, 0.2) is 88.9 Å². The summed E-state index contributed by atoms with van der Waals surface area (Å²) in [4.78, 5) is 41.9. The molecule has 0 unspecified atom stereocenters. The second kappa shape index (κ2) is 12.7. The molecule has 0 aliphatic carbocycles. The molecule has 1 atom stereocenters. The molecule has 8 nitrogen and oxygen atoms in total. The fourth-order valence-electron chi connectivity index (χ4n) is 4.00. The molecule has 2 heterocycles. The molecular formula is C29H29N3O5S. The number of nitrogens with zero attached hydrogens (tertiary/aromatic N) is 1. The van der Waals surface area contributed by atoms with Crippen LogP contribution in [0.3, 0.4) is 0 Å². The third kappa shape index (κ3) is 6.68. The molecule has 3 amide bonds. The number of carbonyl (C=O) groups excluding carboxylic acids is 3. The smallest absolute Gasteiger partial charge is 0.261 e. The molecule has 0 bridgehead atoms. The van der Waals surface area contributed by atoms with Crippen molar-refractivity contribution in [2.75, 3.05) is 13.7 Å². The highest BCUT2D eigenvalue weighted by atomic mass is 32.1. The number of aryl methyl sites for hydroxylation is 1. The molecule has 0 saturated carbocycles. The maximum atomic E-state index is 13.7. The van der Waals surface area contributed by atoms with Gasteiger partial charge in [0, 0.05) is 5.56 Å². The monoisotopic (exact) mass is 531 g/mol. The zero-order chi connectivity index (χ0) is 26.9. The summed E-state index contributed by atoms with van der Waals surface area (Å²) in [5.74, 6) is 0.0377. The lowest BCUT2D eigenvalue weighted by Crippen LogP contribution is -2.46. The van der Waals surface area contributed by atoms with Gasteiger partial charge in [0.2, 0.25) is 11.8 Å². The van der Waals surface area contributed by atoms with Crippen LogP contribution in [-0.4, -0.2) is 36.3 Å². The van der Waals surface area contributed by atoms with Crippen molar-refractivity contribution in [3.8, 4) is 5.75 Å². The highest BCUT2D eigenvalue weighted by Gasteiger charge is 2.32. The Kier molecular flexibility index (Phi) is 8.94. The first-order valence-corrected chi connectivity index (χ1v) is 12.9. The Balaban J connectivity index is 1.66. The Morgan fingerprint density at radius 3 is 2.45 bits per heavy atom. The van der Waals surface area contributed by atoms with Crippen molar-refractivity contribution < 1.29 is 23.5 Å². The fourth-order valence-corrected chi connectivity index (χ4v) is 4.64. The van der Waals surface area contributed by atoms with Crippen molar-refractivity contribution in [1.82, 2.24) is 15.5 Å². The number of amides is 3. The Morgan fingerprint density at radius 1 is 0.974 bits per heavy atom. The summed E-state index contributed by atoms with van der Waals surface area (Å²) in [7, 11) is 1.56. The molecule has 0 saturated heterocycles. The van der Waals surface area contributed by atoms with E-state index in [0.717, 1.165) is 11.1 Å². The summed E-state index contributed by atoms with van der Waals surface area (Å²) in [5.41, 5.74) is 2.39. The number of rotatable bonds is 11. The SMILES string of the molecule is COc1ccccc1CN(C(=O)CNC(=O)c1cccs1)[C@@H](C(=O)NCc1ccco1)c1ccc(C)cc1. The van der Waals surface area contributed by atoms with Crippen LogP contribution in [0.4, 0.5) is 0 Å². The van der Waals surface area contributed by atoms with Crippen LogP contribution >= 0.6 is 11.3 Å². The molecule has 2 aromatic heterocycles. The third-order valence-electron chi connectivity index (χ3n) is 5.97. The highest BCUT2D eigenvalue weighted by molar-refractivity contribution is 7.12. The maximum absolute atomic E-state index is 13.7. The molecule has 38 heavy (non-hydrogen) atoms. The fraction of sp³-hybridized carbons (Fsp3) is 0.207. The van der Waals surface area contributed by atoms with Gasteiger partial charge >= 0.3 is 0 Å². The van der Waals surface area contributed by atoms with Gasteiger partial charge in [-0.2, -0.15) is 0 Å². The molecule has 0 spiro atoms. The van der Waals surface area contributed by atoms with E-state index in [0.29, 0.717) is 22.0 Å². The van der Waals surface area contributed by atoms with Crippen molar-refractivity contribution in [3.63, 3.8) is 0 Å². The first kappa shape index (κ1) is 26.7. The number of nitrogens with one attached hydrogen (secondary N) is 2. The van der Waals surface area contributed by atoms with Gasteiger partial charge in [-0.1, -0.05) is 54.1 Å². The Bertz CT molecular complexity index is 1350. The van der Waals surface area contributed by atoms with Crippen LogP contribution < -0.4 is 15.4 Å². The number of thiophene rings is 1. The van der Waals surface area contributed by atoms with Gasteiger partial charge in [-0.25, -0.2) is 0 Å². The standard InChI is InChI=1S/C29H29N3O5S/c1-20-11-13-21(14-12-20)27(29(35)30-17-23-8-5-15-37-23)32(19-22-7-3-4-9-24(22)36-2)26(33)18-31-28(34)25-10-6-16-38-25/h3-16,27H,17-19H2,1-2H3,(H,30,35)(H,31,34)/t27-/m1/s1. The van der Waals surface area contributed by atoms with Crippen LogP contribution in [-0.2, 0) is 22.7 Å². The van der Waals surface area contributed by atoms with Gasteiger partial charge in [0.1, 0.15) is 17.6 Å². The lowest BCUT2D eigenvalue weighted by Gasteiger charge is -2.32. The normalized spacial score (nSPS) is 11.4. The van der Waals surface area contributed by atoms with E-state index in [4.69, 9.17) is 9.15 Å². The first-order valence-electron chi connectivity index (χ1n) is 12.1. The minimum atomic E-state index is -0.971. The lowest BCUT2D eigenvalue weighted by molar-refractivity contribution is -0.141. The number of ether oxygens (including phenoxy) is 1. The van der Waals surface area contributed by atoms with Crippen molar-refractivity contribution >= 4 is 29.1 Å². The first-order chi connectivity index (χ1) is 18.5. The summed E-state index contributed by atoms with van der Waals surface area (Å²) < 4.78 is 10.9. The topological polar surface area (TPSA) is 101 Å². The average molecular weight is 532 g/mol. The van der Waals surface area contributed by atoms with Crippen LogP contribution in [0.25, 0.3) is 0 Å². The van der Waals surface area contributed by atoms with E-state index in [-0.39, 0.29) is 31.4 Å². The molecule has 4 aromatic rings. The van der Waals surface area contributed by atoms with Crippen molar-refractivity contribution in [2.24, 2.45) is 0 Å². The van der Waals surface area contributed by atoms with Crippen LogP contribution in [0.5, 0.6) is 5.75 Å². The molecule has 196 valence electrons. The van der Waals surface area contributed by atoms with E-state index in [2.05, 4.69) is 10.6 Å². The predicted octanol–water partition coefficient (Wildman–Crippen LogP) is 4.47. The van der Waals surface area contributed by atoms with E-state index < -0.39 is 11.9 Å². The highest BCUT2D eigenvalue weighted by Crippen LogP contribution is 2.28. The van der Waals surface area contributed by atoms with E-state index in [9.17, 15) is 14.4 Å². The average Bonchev–Trinajstić information content (AvgIpc) is 3.66. The summed E-state index contributed by atoms with van der Waals surface area (Å²) in [6.07, 6.45) is 1.53. The van der Waals surface area contributed by atoms with Gasteiger partial charge in [-0.15, -0.1) is 11.3 Å². The quantitative estimate of drug-likeness (QED) is 0.297. The number of para-hydroxylation sites is 1. The van der Waals surface area contributed by atoms with Gasteiger partial charge in [0.05, 0.1) is 37.9 Å². The molecule has 0 radical (unpaired) electrons. The third-order valence-corrected chi connectivity index (χ3v) is 6.84. The number of methoxy groups -OCH3 is 1. The molecule has 2 N–H and O–H groups in total. The van der Waals surface area contributed by atoms with Gasteiger partial charge < -0.3 is 24.7 Å². The second-order valence-corrected chi connectivity index (χ2v) is 9.55. The molecule has 0 aliphatic rings. The van der Waals surface area contributed by atoms with Gasteiger partial charge in [0.15, 0.2) is 0 Å². The Labute approximate surface area is 225 Å². The van der Waals surface area contributed by atoms with Crippen molar-refractivity contribution in [1.29, 1.82) is 0 Å². The second-order valence-electron chi connectivity index (χ2n) is 8.60. The van der Waals surface area contributed by atoms with Gasteiger partial charge in [0.25, 0.3) is 5.91 Å². The van der Waals surface area contributed by atoms with Gasteiger partial charge in [-0.05, 0) is 42.1 Å². The predicted molar refractivity (Wildman–Crippen MR) is 145 cm³/mol. The number of carbonyl (C=O) groups is 3. The molecule has 4 rings (SSSR count). The Hall–Kier alpha value is -4.37. The minimum Gasteiger partial charge on any atom is -0.496 e. The number of furan rings is 1. The summed E-state index contributed by atoms with van der Waals surface area (Å²) >= 11 is 1.29. The minimum absolute atomic E-state index is 0.0877. The maximum Gasteiger partial charge on any atom is 0.261 e.